The molecule has 8 aromatic heterocycles. The van der Waals surface area contributed by atoms with Crippen LogP contribution < -0.4 is 0 Å². The van der Waals surface area contributed by atoms with Gasteiger partial charge in [0.15, 0.2) is 0 Å². The third-order valence-corrected chi connectivity index (χ3v) is 9.15. The molecule has 11 aromatic rings. The molecule has 0 bridgehead atoms. The molecule has 0 N–H and O–H groups in total. The first-order chi connectivity index (χ1) is 22.8. The third kappa shape index (κ3) is 3.07. The molecule has 0 aliphatic carbocycles. The number of rotatable bonds is 2. The van der Waals surface area contributed by atoms with Crippen molar-refractivity contribution >= 4 is 87.9 Å². The first-order valence-electron chi connectivity index (χ1n) is 15.0. The minimum Gasteiger partial charge on any atom is -0.456 e. The molecule has 8 nitrogen and oxygen atoms in total. The Labute approximate surface area is 258 Å². The van der Waals surface area contributed by atoms with E-state index < -0.39 is 0 Å². The zero-order chi connectivity index (χ0) is 29.9. The quantitative estimate of drug-likeness (QED) is 0.199. The van der Waals surface area contributed by atoms with E-state index in [0.29, 0.717) is 0 Å². The number of pyridine rings is 4. The van der Waals surface area contributed by atoms with Gasteiger partial charge in [0.2, 0.25) is 0 Å². The maximum Gasteiger partial charge on any atom is 0.147 e. The Morgan fingerprint density at radius 3 is 1.74 bits per heavy atom. The van der Waals surface area contributed by atoms with E-state index in [1.807, 2.05) is 67.4 Å². The Hall–Kier alpha value is -6.54. The molecule has 214 valence electrons. The van der Waals surface area contributed by atoms with Gasteiger partial charge in [-0.25, -0.2) is 4.98 Å². The lowest BCUT2D eigenvalue weighted by Gasteiger charge is -2.07. The molecule has 11 rings (SSSR count). The Bertz CT molecular complexity index is 2740. The van der Waals surface area contributed by atoms with Gasteiger partial charge in [0, 0.05) is 68.5 Å². The summed E-state index contributed by atoms with van der Waals surface area (Å²) >= 11 is 0. The zero-order valence-electron chi connectivity index (χ0n) is 24.0. The molecule has 8 heterocycles. The Morgan fingerprint density at radius 2 is 1.02 bits per heavy atom. The molecule has 0 aliphatic heterocycles. The Balaban J connectivity index is 1.13. The van der Waals surface area contributed by atoms with E-state index in [0.717, 1.165) is 99.3 Å². The van der Waals surface area contributed by atoms with Crippen LogP contribution in [-0.4, -0.2) is 29.1 Å². The largest absolute Gasteiger partial charge is 0.456 e. The van der Waals surface area contributed by atoms with Crippen molar-refractivity contribution in [3.63, 3.8) is 0 Å². The number of hydrogen-bond donors (Lipinski definition) is 0. The van der Waals surface area contributed by atoms with Gasteiger partial charge < -0.3 is 13.4 Å². The van der Waals surface area contributed by atoms with Crippen LogP contribution in [0, 0.1) is 0 Å². The van der Waals surface area contributed by atoms with Gasteiger partial charge in [-0.2, -0.15) is 0 Å². The summed E-state index contributed by atoms with van der Waals surface area (Å²) in [5.74, 6) is 0. The summed E-state index contributed by atoms with van der Waals surface area (Å²) in [6.45, 7) is 0. The van der Waals surface area contributed by atoms with Crippen molar-refractivity contribution in [3.8, 4) is 11.4 Å². The Kier molecular flexibility index (Phi) is 4.43. The van der Waals surface area contributed by atoms with Crippen molar-refractivity contribution in [2.45, 2.75) is 0 Å². The maximum absolute atomic E-state index is 6.44. The second-order valence-corrected chi connectivity index (χ2v) is 11.6. The highest BCUT2D eigenvalue weighted by molar-refractivity contribution is 6.16. The van der Waals surface area contributed by atoms with E-state index >= 15 is 0 Å². The lowest BCUT2D eigenvalue weighted by molar-refractivity contribution is 0.664. The van der Waals surface area contributed by atoms with E-state index in [2.05, 4.69) is 78.7 Å². The fourth-order valence-corrected chi connectivity index (χ4v) is 7.18. The summed E-state index contributed by atoms with van der Waals surface area (Å²) in [5.41, 5.74) is 11.0. The van der Waals surface area contributed by atoms with E-state index in [-0.39, 0.29) is 0 Å². The molecule has 46 heavy (non-hydrogen) atoms. The van der Waals surface area contributed by atoms with Crippen LogP contribution in [0.2, 0.25) is 0 Å². The van der Waals surface area contributed by atoms with Crippen molar-refractivity contribution < 1.29 is 8.83 Å². The molecule has 3 aromatic carbocycles. The van der Waals surface area contributed by atoms with Gasteiger partial charge in [0.05, 0.1) is 33.8 Å². The molecule has 0 fully saturated rings. The fourth-order valence-electron chi connectivity index (χ4n) is 7.18. The van der Waals surface area contributed by atoms with Crippen LogP contribution in [-0.2, 0) is 0 Å². The molecular formula is C38H20N6O2. The average molecular weight is 593 g/mol. The highest BCUT2D eigenvalue weighted by atomic mass is 16.3. The number of benzene rings is 3. The van der Waals surface area contributed by atoms with Gasteiger partial charge in [0.25, 0.3) is 0 Å². The topological polar surface area (TPSA) is 87.7 Å². The van der Waals surface area contributed by atoms with Gasteiger partial charge in [-0.15, -0.1) is 0 Å². The van der Waals surface area contributed by atoms with Gasteiger partial charge in [-0.1, -0.05) is 0 Å². The van der Waals surface area contributed by atoms with Crippen molar-refractivity contribution in [3.05, 3.63) is 122 Å². The smallest absolute Gasteiger partial charge is 0.147 e. The minimum atomic E-state index is 0.806. The number of aromatic nitrogens is 6. The highest BCUT2D eigenvalue weighted by Crippen LogP contribution is 2.40. The van der Waals surface area contributed by atoms with Crippen LogP contribution in [0.4, 0.5) is 0 Å². The van der Waals surface area contributed by atoms with E-state index in [1.54, 1.807) is 0 Å². The van der Waals surface area contributed by atoms with Crippen LogP contribution in [0.3, 0.4) is 0 Å². The molecule has 0 amide bonds. The second kappa shape index (κ2) is 8.55. The summed E-state index contributed by atoms with van der Waals surface area (Å²) in [6, 6.07) is 30.9. The molecular weight excluding hydrogens is 572 g/mol. The predicted molar refractivity (Wildman–Crippen MR) is 181 cm³/mol. The molecule has 0 saturated carbocycles. The maximum atomic E-state index is 6.44. The van der Waals surface area contributed by atoms with Gasteiger partial charge in [-0.3, -0.25) is 19.5 Å². The van der Waals surface area contributed by atoms with Gasteiger partial charge in [0.1, 0.15) is 28.0 Å². The Morgan fingerprint density at radius 1 is 0.435 bits per heavy atom. The molecule has 0 radical (unpaired) electrons. The summed E-state index contributed by atoms with van der Waals surface area (Å²) in [5, 5.41) is 6.11. The average Bonchev–Trinajstić information content (AvgIpc) is 3.84. The van der Waals surface area contributed by atoms with Gasteiger partial charge >= 0.3 is 0 Å². The molecule has 8 heteroatoms. The SMILES string of the molecule is c1cnc2c(c1)c1ncccc1n2-c1ccc2oc3cc4c(cc3c2c1)oc1ccc(-n2c3cnccc3c3ncccc32)cc14. The van der Waals surface area contributed by atoms with Crippen molar-refractivity contribution in [1.29, 1.82) is 0 Å². The summed E-state index contributed by atoms with van der Waals surface area (Å²) in [7, 11) is 0. The number of fused-ring (bicyclic) bond motifs is 12. The summed E-state index contributed by atoms with van der Waals surface area (Å²) in [6.07, 6.45) is 9.18. The zero-order valence-corrected chi connectivity index (χ0v) is 24.0. The van der Waals surface area contributed by atoms with E-state index in [1.165, 1.54) is 0 Å². The standard InChI is InChI=1S/C38H20N6O2/c1-4-24-37-30(6-3-13-41-37)44(38(24)42-14-1)22-8-10-33-26(17-22)28-19-34-27(18-35(28)46-33)25-16-21(7-9-32(25)45-34)43-29-5-2-12-40-36(29)23-11-15-39-20-31(23)43/h1-20H. The van der Waals surface area contributed by atoms with Crippen LogP contribution in [0.5, 0.6) is 0 Å². The monoisotopic (exact) mass is 592 g/mol. The first-order valence-corrected chi connectivity index (χ1v) is 15.0. The number of nitrogens with zero attached hydrogens (tertiary/aromatic N) is 6. The van der Waals surface area contributed by atoms with Crippen molar-refractivity contribution in [2.75, 3.05) is 0 Å². The van der Waals surface area contributed by atoms with Crippen molar-refractivity contribution in [1.82, 2.24) is 29.1 Å². The van der Waals surface area contributed by atoms with Crippen LogP contribution in [0.15, 0.2) is 131 Å². The molecule has 0 aliphatic rings. The molecule has 0 spiro atoms. The molecule has 0 saturated heterocycles. The highest BCUT2D eigenvalue weighted by Gasteiger charge is 2.19. The first kappa shape index (κ1) is 23.9. The second-order valence-electron chi connectivity index (χ2n) is 11.6. The van der Waals surface area contributed by atoms with E-state index in [9.17, 15) is 0 Å². The van der Waals surface area contributed by atoms with Gasteiger partial charge in [-0.05, 0) is 91.0 Å². The van der Waals surface area contributed by atoms with Crippen LogP contribution in [0.1, 0.15) is 0 Å². The summed E-state index contributed by atoms with van der Waals surface area (Å²) < 4.78 is 17.3. The molecule has 0 unspecified atom stereocenters. The van der Waals surface area contributed by atoms with Crippen molar-refractivity contribution in [2.24, 2.45) is 0 Å². The lowest BCUT2D eigenvalue weighted by Crippen LogP contribution is -1.95. The third-order valence-electron chi connectivity index (χ3n) is 9.15. The predicted octanol–water partition coefficient (Wildman–Crippen LogP) is 9.26. The van der Waals surface area contributed by atoms with E-state index in [4.69, 9.17) is 13.8 Å². The molecule has 0 atom stereocenters. The fraction of sp³-hybridized carbons (Fsp3) is 0. The summed E-state index contributed by atoms with van der Waals surface area (Å²) in [4.78, 5) is 18.5. The minimum absolute atomic E-state index is 0.806. The van der Waals surface area contributed by atoms with Crippen LogP contribution in [0.25, 0.3) is 99.3 Å². The lowest BCUT2D eigenvalue weighted by atomic mass is 10.1. The normalized spacial score (nSPS) is 12.3. The number of furan rings is 2. The number of hydrogen-bond acceptors (Lipinski definition) is 6. The van der Waals surface area contributed by atoms with Crippen LogP contribution >= 0.6 is 0 Å².